The molecule has 0 amide bonds. The molecule has 23 heavy (non-hydrogen) atoms. The standard InChI is InChI=1S/C18H21N3O2/c1-3-5-6-9-19-15-10-16-14(11-17(15)23-4-2)20-18-8-7-13(12-22)21(16)18/h7-8,10-11,19H,3-6,9H2,1-2H3. The Morgan fingerprint density at radius 3 is 2.87 bits per heavy atom. The van der Waals surface area contributed by atoms with Crippen molar-refractivity contribution in [2.24, 2.45) is 0 Å². The molecule has 2 heterocycles. The molecule has 0 fully saturated rings. The number of rotatable bonds is 7. The van der Waals surface area contributed by atoms with Gasteiger partial charge in [0.05, 0.1) is 23.3 Å². The van der Waals surface area contributed by atoms with Gasteiger partial charge in [0.25, 0.3) is 0 Å². The number of nitrogens with zero attached hydrogens (tertiary/aromatic N) is 2. The van der Waals surface area contributed by atoms with E-state index in [0.29, 0.717) is 12.0 Å². The van der Waals surface area contributed by atoms with Gasteiger partial charge in [0, 0.05) is 12.6 Å². The molecule has 2 aromatic heterocycles. The highest BCUT2D eigenvalue weighted by molar-refractivity contribution is 5.87. The van der Waals surface area contributed by atoms with Gasteiger partial charge in [-0.25, -0.2) is 9.78 Å². The molecule has 3 aromatic rings. The first-order valence-electron chi connectivity index (χ1n) is 8.15. The summed E-state index contributed by atoms with van der Waals surface area (Å²) < 4.78 is 7.57. The quantitative estimate of drug-likeness (QED) is 0.682. The lowest BCUT2D eigenvalue weighted by molar-refractivity contribution is 0.342. The molecule has 0 aliphatic carbocycles. The highest BCUT2D eigenvalue weighted by Gasteiger charge is 2.12. The SMILES string of the molecule is CCCCCNc1cc2c(cc1OCC)nc1ccc(=C=O)n12. The van der Waals surface area contributed by atoms with Gasteiger partial charge < -0.3 is 10.1 Å². The molecule has 5 heteroatoms. The fourth-order valence-electron chi connectivity index (χ4n) is 2.81. The summed E-state index contributed by atoms with van der Waals surface area (Å²) in [4.78, 5) is 15.7. The van der Waals surface area contributed by atoms with Crippen molar-refractivity contribution >= 4 is 28.3 Å². The van der Waals surface area contributed by atoms with Crippen molar-refractivity contribution in [1.82, 2.24) is 9.38 Å². The monoisotopic (exact) mass is 311 g/mol. The molecule has 5 nitrogen and oxygen atoms in total. The molecule has 0 atom stereocenters. The van der Waals surface area contributed by atoms with Crippen LogP contribution in [0.2, 0.25) is 0 Å². The Morgan fingerprint density at radius 1 is 1.26 bits per heavy atom. The Hall–Kier alpha value is -2.52. The van der Waals surface area contributed by atoms with Crippen LogP contribution < -0.4 is 15.4 Å². The maximum atomic E-state index is 11.1. The minimum atomic E-state index is 0.489. The molecular formula is C18H21N3O2. The van der Waals surface area contributed by atoms with Gasteiger partial charge >= 0.3 is 0 Å². The van der Waals surface area contributed by atoms with Crippen LogP contribution in [0.4, 0.5) is 5.69 Å². The van der Waals surface area contributed by atoms with Gasteiger partial charge in [-0.05, 0) is 31.5 Å². The largest absolute Gasteiger partial charge is 0.492 e. The van der Waals surface area contributed by atoms with Crippen molar-refractivity contribution in [3.8, 4) is 5.75 Å². The maximum absolute atomic E-state index is 11.1. The van der Waals surface area contributed by atoms with Crippen molar-refractivity contribution in [2.75, 3.05) is 18.5 Å². The highest BCUT2D eigenvalue weighted by Crippen LogP contribution is 2.30. The van der Waals surface area contributed by atoms with E-state index in [9.17, 15) is 4.79 Å². The normalized spacial score (nSPS) is 11.0. The smallest absolute Gasteiger partial charge is 0.151 e. The number of imidazole rings is 1. The zero-order valence-corrected chi connectivity index (χ0v) is 13.6. The van der Waals surface area contributed by atoms with E-state index < -0.39 is 0 Å². The molecule has 0 spiro atoms. The average Bonchev–Trinajstić information content (AvgIpc) is 3.10. The molecule has 0 aliphatic rings. The van der Waals surface area contributed by atoms with Crippen LogP contribution in [0.1, 0.15) is 33.1 Å². The van der Waals surface area contributed by atoms with Crippen LogP contribution in [-0.2, 0) is 4.79 Å². The summed E-state index contributed by atoms with van der Waals surface area (Å²) in [5.41, 5.74) is 3.41. The summed E-state index contributed by atoms with van der Waals surface area (Å²) in [6.45, 7) is 5.65. The summed E-state index contributed by atoms with van der Waals surface area (Å²) in [7, 11) is 0. The van der Waals surface area contributed by atoms with Crippen molar-refractivity contribution in [3.63, 3.8) is 0 Å². The molecule has 0 saturated carbocycles. The van der Waals surface area contributed by atoms with Crippen LogP contribution in [0.5, 0.6) is 5.75 Å². The molecule has 0 aliphatic heterocycles. The number of aromatic nitrogens is 2. The predicted octanol–water partition coefficient (Wildman–Crippen LogP) is 2.71. The fourth-order valence-corrected chi connectivity index (χ4v) is 2.81. The summed E-state index contributed by atoms with van der Waals surface area (Å²) in [5, 5.41) is 3.93. The van der Waals surface area contributed by atoms with E-state index in [2.05, 4.69) is 17.2 Å². The molecule has 0 radical (unpaired) electrons. The summed E-state index contributed by atoms with van der Waals surface area (Å²) in [6, 6.07) is 7.50. The second kappa shape index (κ2) is 6.71. The zero-order valence-electron chi connectivity index (χ0n) is 13.6. The first kappa shape index (κ1) is 15.4. The van der Waals surface area contributed by atoms with Gasteiger partial charge in [-0.2, -0.15) is 0 Å². The van der Waals surface area contributed by atoms with Gasteiger partial charge in [0.2, 0.25) is 0 Å². The van der Waals surface area contributed by atoms with Crippen molar-refractivity contribution in [3.05, 3.63) is 29.6 Å². The van der Waals surface area contributed by atoms with E-state index in [1.54, 1.807) is 6.07 Å². The number of fused-ring (bicyclic) bond motifs is 3. The second-order valence-electron chi connectivity index (χ2n) is 5.53. The number of hydrogen-bond donors (Lipinski definition) is 1. The minimum absolute atomic E-state index is 0.489. The van der Waals surface area contributed by atoms with E-state index >= 15 is 0 Å². The van der Waals surface area contributed by atoms with Crippen LogP contribution in [0, 0.1) is 0 Å². The Morgan fingerprint density at radius 2 is 2.13 bits per heavy atom. The van der Waals surface area contributed by atoms with Gasteiger partial charge in [-0.1, -0.05) is 19.8 Å². The Kier molecular flexibility index (Phi) is 4.49. The van der Waals surface area contributed by atoms with Crippen LogP contribution in [0.3, 0.4) is 0 Å². The van der Waals surface area contributed by atoms with Gasteiger partial charge in [0.15, 0.2) is 5.94 Å². The molecular weight excluding hydrogens is 290 g/mol. The van der Waals surface area contributed by atoms with E-state index in [1.807, 2.05) is 35.5 Å². The predicted molar refractivity (Wildman–Crippen MR) is 91.9 cm³/mol. The third-order valence-electron chi connectivity index (χ3n) is 3.91. The van der Waals surface area contributed by atoms with E-state index in [4.69, 9.17) is 4.74 Å². The molecule has 0 bridgehead atoms. The number of nitrogens with one attached hydrogen (secondary N) is 1. The lowest BCUT2D eigenvalue weighted by Crippen LogP contribution is -2.09. The highest BCUT2D eigenvalue weighted by atomic mass is 16.5. The molecule has 1 aromatic carbocycles. The molecule has 0 unspecified atom stereocenters. The topological polar surface area (TPSA) is 55.6 Å². The molecule has 3 rings (SSSR count). The van der Waals surface area contributed by atoms with Crippen molar-refractivity contribution in [2.45, 2.75) is 33.1 Å². The average molecular weight is 311 g/mol. The van der Waals surface area contributed by atoms with Crippen LogP contribution in [0.25, 0.3) is 16.7 Å². The summed E-state index contributed by atoms with van der Waals surface area (Å²) >= 11 is 0. The number of anilines is 1. The Balaban J connectivity index is 2.07. The van der Waals surface area contributed by atoms with Crippen LogP contribution in [-0.4, -0.2) is 28.5 Å². The summed E-state index contributed by atoms with van der Waals surface area (Å²) in [6.07, 6.45) is 3.50. The maximum Gasteiger partial charge on any atom is 0.151 e. The van der Waals surface area contributed by atoms with Gasteiger partial charge in [-0.15, -0.1) is 0 Å². The minimum Gasteiger partial charge on any atom is -0.492 e. The second-order valence-corrected chi connectivity index (χ2v) is 5.53. The van der Waals surface area contributed by atoms with Crippen LogP contribution in [0.15, 0.2) is 24.3 Å². The number of ether oxygens (including phenoxy) is 1. The zero-order chi connectivity index (χ0) is 16.2. The number of hydrogen-bond acceptors (Lipinski definition) is 4. The first-order chi connectivity index (χ1) is 11.3. The van der Waals surface area contributed by atoms with Gasteiger partial charge in [0.1, 0.15) is 16.7 Å². The van der Waals surface area contributed by atoms with E-state index in [-0.39, 0.29) is 0 Å². The third-order valence-corrected chi connectivity index (χ3v) is 3.91. The third kappa shape index (κ3) is 2.88. The van der Waals surface area contributed by atoms with Crippen LogP contribution >= 0.6 is 0 Å². The fraction of sp³-hybridized carbons (Fsp3) is 0.389. The Bertz CT molecular complexity index is 894. The van der Waals surface area contributed by atoms with Crippen molar-refractivity contribution in [1.29, 1.82) is 0 Å². The molecule has 1 N–H and O–H groups in total. The summed E-state index contributed by atoms with van der Waals surface area (Å²) in [5.74, 6) is 2.77. The van der Waals surface area contributed by atoms with E-state index in [0.717, 1.165) is 41.1 Å². The van der Waals surface area contributed by atoms with Crippen molar-refractivity contribution < 1.29 is 9.53 Å². The van der Waals surface area contributed by atoms with E-state index in [1.165, 1.54) is 12.8 Å². The lowest BCUT2D eigenvalue weighted by Gasteiger charge is -2.12. The number of unbranched alkanes of at least 4 members (excludes halogenated alkanes) is 2. The first-order valence-corrected chi connectivity index (χ1v) is 8.15. The lowest BCUT2D eigenvalue weighted by atomic mass is 10.2. The number of carbonyl (C=O) groups excluding carboxylic acids is 1. The molecule has 120 valence electrons. The Labute approximate surface area is 134 Å². The van der Waals surface area contributed by atoms with Gasteiger partial charge in [-0.3, -0.25) is 4.40 Å². The number of benzene rings is 1. The molecule has 0 saturated heterocycles.